The van der Waals surface area contributed by atoms with Crippen LogP contribution in [0.3, 0.4) is 0 Å². The molecule has 0 aromatic heterocycles. The summed E-state index contributed by atoms with van der Waals surface area (Å²) in [7, 11) is 0. The van der Waals surface area contributed by atoms with Gasteiger partial charge in [0.1, 0.15) is 0 Å². The van der Waals surface area contributed by atoms with Crippen molar-refractivity contribution in [1.29, 1.82) is 0 Å². The molecule has 0 spiro atoms. The van der Waals surface area contributed by atoms with Crippen molar-refractivity contribution in [1.82, 2.24) is 0 Å². The average Bonchev–Trinajstić information content (AvgIpc) is 3.26. The maximum absolute atomic E-state index is 2.45. The highest BCUT2D eigenvalue weighted by Crippen LogP contribution is 2.54. The van der Waals surface area contributed by atoms with Crippen LogP contribution in [-0.2, 0) is 11.8 Å². The standard InChI is InChI=1S/C55H43N/c1-3-38(37-45-28-35-50-51-20-10-17-44-18-12-36-55(2,54(44)51)52-21-11-19-49(45)53(50)52)41-22-29-46(30-23-41)56(47-31-24-42(25-32-47)39-13-6-4-7-14-39)48-33-26-43(27-34-48)40-15-8-5-9-16-40/h3-35H,36-37H2,1-2H3/b38-3-. The molecule has 2 aliphatic carbocycles. The van der Waals surface area contributed by atoms with Gasteiger partial charge in [-0.1, -0.05) is 171 Å². The summed E-state index contributed by atoms with van der Waals surface area (Å²) in [5.74, 6) is 0. The van der Waals surface area contributed by atoms with E-state index < -0.39 is 0 Å². The molecule has 0 bridgehead atoms. The Labute approximate surface area is 330 Å². The van der Waals surface area contributed by atoms with Crippen LogP contribution in [0.4, 0.5) is 17.1 Å². The second-order valence-electron chi connectivity index (χ2n) is 15.4. The maximum Gasteiger partial charge on any atom is 0.0462 e. The van der Waals surface area contributed by atoms with Crippen molar-refractivity contribution < 1.29 is 0 Å². The van der Waals surface area contributed by atoms with Crippen LogP contribution in [0.5, 0.6) is 0 Å². The summed E-state index contributed by atoms with van der Waals surface area (Å²) in [6.07, 6.45) is 8.86. The number of benzene rings is 8. The molecule has 56 heavy (non-hydrogen) atoms. The summed E-state index contributed by atoms with van der Waals surface area (Å²) >= 11 is 0. The molecule has 0 N–H and O–H groups in total. The predicted octanol–water partition coefficient (Wildman–Crippen LogP) is 15.0. The third-order valence-corrected chi connectivity index (χ3v) is 12.2. The number of fused-ring (bicyclic) bond motifs is 2. The van der Waals surface area contributed by atoms with Crippen molar-refractivity contribution in [2.45, 2.75) is 32.1 Å². The van der Waals surface area contributed by atoms with Crippen molar-refractivity contribution in [2.75, 3.05) is 4.90 Å². The largest absolute Gasteiger partial charge is 0.311 e. The Morgan fingerprint density at radius 1 is 0.554 bits per heavy atom. The number of hydrogen-bond donors (Lipinski definition) is 0. The molecule has 1 heteroatoms. The number of nitrogens with zero attached hydrogens (tertiary/aromatic N) is 1. The van der Waals surface area contributed by atoms with E-state index in [1.54, 1.807) is 0 Å². The van der Waals surface area contributed by atoms with Gasteiger partial charge in [-0.3, -0.25) is 0 Å². The van der Waals surface area contributed by atoms with Gasteiger partial charge in [-0.2, -0.15) is 0 Å². The number of allylic oxidation sites excluding steroid dienone is 3. The third-order valence-electron chi connectivity index (χ3n) is 12.2. The SMILES string of the molecule is C/C=C(/Cc1ccc2c3c(cccc13)C1(C)CC=Cc3cccc-2c31)c1ccc(N(c2ccc(-c3ccccc3)cc2)c2ccc(-c3ccccc3)cc2)cc1. The maximum atomic E-state index is 2.45. The zero-order valence-electron chi connectivity index (χ0n) is 31.9. The van der Waals surface area contributed by atoms with E-state index in [0.29, 0.717) is 0 Å². The topological polar surface area (TPSA) is 3.24 Å². The Kier molecular flexibility index (Phi) is 8.37. The first-order valence-corrected chi connectivity index (χ1v) is 19.8. The van der Waals surface area contributed by atoms with Gasteiger partial charge >= 0.3 is 0 Å². The van der Waals surface area contributed by atoms with E-state index in [9.17, 15) is 0 Å². The second kappa shape index (κ2) is 13.9. The summed E-state index contributed by atoms with van der Waals surface area (Å²) in [6.45, 7) is 4.62. The molecule has 8 aromatic carbocycles. The highest BCUT2D eigenvalue weighted by atomic mass is 15.1. The molecule has 8 aromatic rings. The van der Waals surface area contributed by atoms with Crippen LogP contribution in [0.25, 0.3) is 55.8 Å². The molecule has 0 radical (unpaired) electrons. The smallest absolute Gasteiger partial charge is 0.0462 e. The minimum absolute atomic E-state index is 0.0271. The van der Waals surface area contributed by atoms with Crippen molar-refractivity contribution in [3.63, 3.8) is 0 Å². The van der Waals surface area contributed by atoms with Gasteiger partial charge in [0.2, 0.25) is 0 Å². The van der Waals surface area contributed by atoms with E-state index >= 15 is 0 Å². The van der Waals surface area contributed by atoms with E-state index in [0.717, 1.165) is 29.9 Å². The summed E-state index contributed by atoms with van der Waals surface area (Å²) in [5.41, 5.74) is 19.2. The predicted molar refractivity (Wildman–Crippen MR) is 239 cm³/mol. The zero-order chi connectivity index (χ0) is 37.6. The summed E-state index contributed by atoms with van der Waals surface area (Å²) in [5, 5.41) is 2.79. The molecule has 0 amide bonds. The molecule has 1 nitrogen and oxygen atoms in total. The van der Waals surface area contributed by atoms with Crippen molar-refractivity contribution in [3.8, 4) is 33.4 Å². The Hall–Kier alpha value is -6.70. The fourth-order valence-electron chi connectivity index (χ4n) is 9.34. The molecule has 0 saturated carbocycles. The average molecular weight is 718 g/mol. The van der Waals surface area contributed by atoms with E-state index in [-0.39, 0.29) is 5.41 Å². The van der Waals surface area contributed by atoms with Gasteiger partial charge in [0.15, 0.2) is 0 Å². The first-order chi connectivity index (χ1) is 27.6. The molecule has 1 atom stereocenters. The number of anilines is 3. The van der Waals surface area contributed by atoms with Gasteiger partial charge in [-0.05, 0) is 134 Å². The Morgan fingerprint density at radius 3 is 1.73 bits per heavy atom. The molecular formula is C55H43N. The second-order valence-corrected chi connectivity index (χ2v) is 15.4. The number of rotatable bonds is 8. The molecule has 0 heterocycles. The minimum atomic E-state index is -0.0271. The Balaban J connectivity index is 0.995. The van der Waals surface area contributed by atoms with Crippen LogP contribution in [0.15, 0.2) is 194 Å². The molecular weight excluding hydrogens is 675 g/mol. The lowest BCUT2D eigenvalue weighted by Crippen LogP contribution is -2.29. The van der Waals surface area contributed by atoms with E-state index in [1.807, 2.05) is 0 Å². The molecule has 0 aliphatic heterocycles. The highest BCUT2D eigenvalue weighted by molar-refractivity contribution is 6.06. The van der Waals surface area contributed by atoms with Crippen LogP contribution >= 0.6 is 0 Å². The third kappa shape index (κ3) is 5.71. The first kappa shape index (κ1) is 33.8. The van der Waals surface area contributed by atoms with Crippen LogP contribution in [0.1, 0.15) is 48.1 Å². The first-order valence-electron chi connectivity index (χ1n) is 19.8. The van der Waals surface area contributed by atoms with Crippen molar-refractivity contribution in [3.05, 3.63) is 222 Å². The van der Waals surface area contributed by atoms with Crippen molar-refractivity contribution >= 4 is 39.5 Å². The van der Waals surface area contributed by atoms with Crippen LogP contribution in [-0.4, -0.2) is 0 Å². The van der Waals surface area contributed by atoms with E-state index in [4.69, 9.17) is 0 Å². The zero-order valence-corrected chi connectivity index (χ0v) is 31.9. The molecule has 0 saturated heterocycles. The van der Waals surface area contributed by atoms with E-state index in [2.05, 4.69) is 219 Å². The van der Waals surface area contributed by atoms with Crippen LogP contribution in [0, 0.1) is 0 Å². The fourth-order valence-corrected chi connectivity index (χ4v) is 9.34. The van der Waals surface area contributed by atoms with Gasteiger partial charge < -0.3 is 4.90 Å². The lowest BCUT2D eigenvalue weighted by Gasteiger charge is -2.40. The highest BCUT2D eigenvalue weighted by Gasteiger charge is 2.39. The van der Waals surface area contributed by atoms with Crippen LogP contribution < -0.4 is 4.90 Å². The minimum Gasteiger partial charge on any atom is -0.311 e. The van der Waals surface area contributed by atoms with Gasteiger partial charge in [0, 0.05) is 22.5 Å². The van der Waals surface area contributed by atoms with E-state index in [1.165, 1.54) is 77.5 Å². The Bertz CT molecular complexity index is 2690. The quantitative estimate of drug-likeness (QED) is 0.151. The summed E-state index contributed by atoms with van der Waals surface area (Å²) in [4.78, 5) is 2.36. The van der Waals surface area contributed by atoms with Crippen molar-refractivity contribution in [2.24, 2.45) is 0 Å². The van der Waals surface area contributed by atoms with Gasteiger partial charge in [0.25, 0.3) is 0 Å². The molecule has 2 aliphatic rings. The lowest BCUT2D eigenvalue weighted by atomic mass is 9.62. The molecule has 1 unspecified atom stereocenters. The van der Waals surface area contributed by atoms with Gasteiger partial charge in [-0.15, -0.1) is 0 Å². The summed E-state index contributed by atoms with van der Waals surface area (Å²) < 4.78 is 0. The van der Waals surface area contributed by atoms with Gasteiger partial charge in [-0.25, -0.2) is 0 Å². The molecule has 10 rings (SSSR count). The normalized spacial score (nSPS) is 15.4. The van der Waals surface area contributed by atoms with Gasteiger partial charge in [0.05, 0.1) is 0 Å². The summed E-state index contributed by atoms with van der Waals surface area (Å²) in [6, 6.07) is 66.8. The number of hydrogen-bond acceptors (Lipinski definition) is 1. The fraction of sp³-hybridized carbons (Fsp3) is 0.0909. The van der Waals surface area contributed by atoms with Crippen LogP contribution in [0.2, 0.25) is 0 Å². The molecule has 0 fully saturated rings. The monoisotopic (exact) mass is 717 g/mol. The lowest BCUT2D eigenvalue weighted by molar-refractivity contribution is 0.578. The molecule has 268 valence electrons. The Morgan fingerprint density at radius 2 is 1.12 bits per heavy atom.